The minimum atomic E-state index is 0.856. The highest BCUT2D eigenvalue weighted by atomic mass is 15.4. The molecule has 0 fully saturated rings. The number of aliphatic imine (C=N–C) groups is 1. The molecule has 4 nitrogen and oxygen atoms in total. The van der Waals surface area contributed by atoms with E-state index in [1.54, 1.807) is 6.20 Å². The lowest BCUT2D eigenvalue weighted by molar-refractivity contribution is 0.552. The zero-order valence-electron chi connectivity index (χ0n) is 10.1. The van der Waals surface area contributed by atoms with Gasteiger partial charge in [0.1, 0.15) is 0 Å². The molecular formula is C13H16N4. The molecule has 2 N–H and O–H groups in total. The van der Waals surface area contributed by atoms with Crippen LogP contribution in [0.4, 0.5) is 5.69 Å². The van der Waals surface area contributed by atoms with Crippen molar-refractivity contribution in [3.8, 4) is 5.69 Å². The lowest BCUT2D eigenvalue weighted by atomic mass is 10.2. The Balaban J connectivity index is 2.61. The Morgan fingerprint density at radius 1 is 1.35 bits per heavy atom. The van der Waals surface area contributed by atoms with Crippen molar-refractivity contribution in [3.05, 3.63) is 41.9 Å². The third-order valence-corrected chi connectivity index (χ3v) is 2.92. The van der Waals surface area contributed by atoms with Crippen molar-refractivity contribution in [3.63, 3.8) is 0 Å². The summed E-state index contributed by atoms with van der Waals surface area (Å²) < 4.78 is 4.11. The molecule has 0 radical (unpaired) electrons. The van der Waals surface area contributed by atoms with Gasteiger partial charge in [0.15, 0.2) is 0 Å². The molecule has 1 aromatic heterocycles. The molecule has 0 spiro atoms. The zero-order valence-corrected chi connectivity index (χ0v) is 10.1. The molecule has 0 amide bonds. The first-order valence-corrected chi connectivity index (χ1v) is 5.39. The number of benzene rings is 1. The average Bonchev–Trinajstić information content (AvgIpc) is 2.38. The van der Waals surface area contributed by atoms with Crippen LogP contribution in [0, 0.1) is 6.92 Å². The summed E-state index contributed by atoms with van der Waals surface area (Å²) in [5, 5.41) is 0. The van der Waals surface area contributed by atoms with Crippen molar-refractivity contribution in [2.75, 3.05) is 0 Å². The Morgan fingerprint density at radius 3 is 2.71 bits per heavy atom. The van der Waals surface area contributed by atoms with E-state index in [0.29, 0.717) is 0 Å². The summed E-state index contributed by atoms with van der Waals surface area (Å²) in [5.74, 6) is 0. The van der Waals surface area contributed by atoms with E-state index in [4.69, 9.17) is 5.73 Å². The van der Waals surface area contributed by atoms with Gasteiger partial charge >= 0.3 is 0 Å². The second-order valence-electron chi connectivity index (χ2n) is 3.81. The fourth-order valence-electron chi connectivity index (χ4n) is 1.94. The number of hydrogen-bond donors (Lipinski definition) is 1. The highest BCUT2D eigenvalue weighted by molar-refractivity contribution is 5.63. The van der Waals surface area contributed by atoms with Gasteiger partial charge in [-0.3, -0.25) is 14.4 Å². The van der Waals surface area contributed by atoms with E-state index in [2.05, 4.69) is 28.0 Å². The Morgan fingerprint density at radius 2 is 2.06 bits per heavy atom. The minimum absolute atomic E-state index is 0.856. The standard InChI is InChI=1S/C13H16N4/c1-10-12(8-9-14)17(16(10)3)13-7-5-4-6-11(13)15-2/h4-9H,2,14H2,1,3H3/b9-8-. The molecule has 88 valence electrons. The van der Waals surface area contributed by atoms with Gasteiger partial charge in [0.25, 0.3) is 0 Å². The van der Waals surface area contributed by atoms with Crippen LogP contribution < -0.4 is 5.73 Å². The molecule has 0 aliphatic heterocycles. The van der Waals surface area contributed by atoms with Gasteiger partial charge in [-0.1, -0.05) is 12.1 Å². The second kappa shape index (κ2) is 4.33. The van der Waals surface area contributed by atoms with Crippen LogP contribution in [-0.2, 0) is 7.05 Å². The SMILES string of the molecule is C=Nc1ccccc1-n1c(/C=C\N)c(C)n1C. The smallest absolute Gasteiger partial charge is 0.0889 e. The van der Waals surface area contributed by atoms with E-state index in [1.165, 1.54) is 5.69 Å². The molecule has 0 aliphatic rings. The number of aromatic nitrogens is 2. The number of hydrogen-bond acceptors (Lipinski definition) is 2. The van der Waals surface area contributed by atoms with Gasteiger partial charge in [-0.15, -0.1) is 0 Å². The summed E-state index contributed by atoms with van der Waals surface area (Å²) in [5.41, 5.74) is 9.57. The lowest BCUT2D eigenvalue weighted by Crippen LogP contribution is -2.24. The van der Waals surface area contributed by atoms with Gasteiger partial charge in [-0.05, 0) is 38.0 Å². The fraction of sp³-hybridized carbons (Fsp3) is 0.154. The van der Waals surface area contributed by atoms with Crippen LogP contribution in [0.15, 0.2) is 35.5 Å². The van der Waals surface area contributed by atoms with Crippen LogP contribution in [0.25, 0.3) is 11.8 Å². The molecule has 2 rings (SSSR count). The van der Waals surface area contributed by atoms with Crippen LogP contribution >= 0.6 is 0 Å². The largest absolute Gasteiger partial charge is 0.405 e. The van der Waals surface area contributed by atoms with Gasteiger partial charge in [-0.2, -0.15) is 0 Å². The molecule has 0 saturated carbocycles. The van der Waals surface area contributed by atoms with Crippen LogP contribution in [0.5, 0.6) is 0 Å². The molecule has 0 unspecified atom stereocenters. The number of nitrogens with zero attached hydrogens (tertiary/aromatic N) is 3. The molecule has 4 heteroatoms. The zero-order chi connectivity index (χ0) is 12.4. The van der Waals surface area contributed by atoms with Crippen LogP contribution in [0.1, 0.15) is 11.4 Å². The topological polar surface area (TPSA) is 48.2 Å². The third kappa shape index (κ3) is 1.67. The highest BCUT2D eigenvalue weighted by Gasteiger charge is 2.15. The predicted octanol–water partition coefficient (Wildman–Crippen LogP) is 2.39. The Hall–Kier alpha value is -2.23. The van der Waals surface area contributed by atoms with E-state index < -0.39 is 0 Å². The second-order valence-corrected chi connectivity index (χ2v) is 3.81. The molecule has 0 bridgehead atoms. The molecule has 0 aliphatic carbocycles. The molecule has 2 aromatic rings. The van der Waals surface area contributed by atoms with Crippen molar-refractivity contribution >= 4 is 18.5 Å². The van der Waals surface area contributed by atoms with E-state index in [-0.39, 0.29) is 0 Å². The Bertz CT molecular complexity index is 572. The van der Waals surface area contributed by atoms with Crippen molar-refractivity contribution in [2.24, 2.45) is 17.8 Å². The maximum absolute atomic E-state index is 5.46. The highest BCUT2D eigenvalue weighted by Crippen LogP contribution is 2.27. The van der Waals surface area contributed by atoms with Crippen LogP contribution in [0.3, 0.4) is 0 Å². The summed E-state index contributed by atoms with van der Waals surface area (Å²) in [6, 6.07) is 7.88. The van der Waals surface area contributed by atoms with E-state index in [1.807, 2.05) is 37.4 Å². The van der Waals surface area contributed by atoms with Crippen LogP contribution in [-0.4, -0.2) is 16.1 Å². The molecule has 17 heavy (non-hydrogen) atoms. The average molecular weight is 228 g/mol. The van der Waals surface area contributed by atoms with Gasteiger partial charge in [-0.25, -0.2) is 0 Å². The maximum atomic E-state index is 5.46. The molecule has 1 heterocycles. The number of rotatable bonds is 3. The minimum Gasteiger partial charge on any atom is -0.405 e. The summed E-state index contributed by atoms with van der Waals surface area (Å²) in [6.07, 6.45) is 3.43. The first-order valence-electron chi connectivity index (χ1n) is 5.39. The molecule has 1 aromatic carbocycles. The third-order valence-electron chi connectivity index (χ3n) is 2.92. The lowest BCUT2D eigenvalue weighted by Gasteiger charge is -2.27. The monoisotopic (exact) mass is 228 g/mol. The summed E-state index contributed by atoms with van der Waals surface area (Å²) in [6.45, 7) is 5.64. The van der Waals surface area contributed by atoms with Crippen molar-refractivity contribution in [1.29, 1.82) is 0 Å². The first kappa shape index (κ1) is 11.3. The number of para-hydroxylation sites is 2. The van der Waals surface area contributed by atoms with E-state index in [9.17, 15) is 0 Å². The number of nitrogens with two attached hydrogens (primary N) is 1. The van der Waals surface area contributed by atoms with Gasteiger partial charge < -0.3 is 5.73 Å². The molecular weight excluding hydrogens is 212 g/mol. The van der Waals surface area contributed by atoms with Crippen molar-refractivity contribution in [1.82, 2.24) is 9.36 Å². The summed E-state index contributed by atoms with van der Waals surface area (Å²) in [4.78, 5) is 4.03. The van der Waals surface area contributed by atoms with Gasteiger partial charge in [0, 0.05) is 7.05 Å². The Kier molecular flexibility index (Phi) is 2.87. The quantitative estimate of drug-likeness (QED) is 0.806. The normalized spacial score (nSPS) is 11.2. The van der Waals surface area contributed by atoms with Gasteiger partial charge in [0.05, 0.1) is 22.8 Å². The van der Waals surface area contributed by atoms with E-state index in [0.717, 1.165) is 17.1 Å². The Labute approximate surface area is 101 Å². The molecule has 0 saturated heterocycles. The first-order chi connectivity index (χ1) is 8.20. The summed E-state index contributed by atoms with van der Waals surface area (Å²) >= 11 is 0. The maximum Gasteiger partial charge on any atom is 0.0889 e. The van der Waals surface area contributed by atoms with Crippen molar-refractivity contribution in [2.45, 2.75) is 6.92 Å². The predicted molar refractivity (Wildman–Crippen MR) is 71.9 cm³/mol. The summed E-state index contributed by atoms with van der Waals surface area (Å²) in [7, 11) is 2.00. The van der Waals surface area contributed by atoms with Crippen LogP contribution in [0.2, 0.25) is 0 Å². The fourth-order valence-corrected chi connectivity index (χ4v) is 1.94. The molecule has 0 atom stereocenters. The van der Waals surface area contributed by atoms with E-state index >= 15 is 0 Å². The van der Waals surface area contributed by atoms with Gasteiger partial charge in [0.2, 0.25) is 0 Å². The van der Waals surface area contributed by atoms with Crippen molar-refractivity contribution < 1.29 is 0 Å².